The van der Waals surface area contributed by atoms with Crippen molar-refractivity contribution in [2.45, 2.75) is 19.0 Å². The van der Waals surface area contributed by atoms with Crippen LogP contribution in [0.3, 0.4) is 0 Å². The van der Waals surface area contributed by atoms with Crippen LogP contribution >= 0.6 is 11.8 Å². The molecule has 0 aliphatic rings. The molecule has 0 amide bonds. The molecular weight excluding hydrogens is 198 g/mol. The number of rotatable bonds is 6. The van der Waals surface area contributed by atoms with E-state index in [1.165, 1.54) is 0 Å². The summed E-state index contributed by atoms with van der Waals surface area (Å²) in [4.78, 5) is 6.38. The minimum absolute atomic E-state index is 0.385. The average molecular weight is 215 g/mol. The molecule has 5 nitrogen and oxygen atoms in total. The number of H-pyrrole nitrogens is 1. The number of aromatic nitrogens is 3. The summed E-state index contributed by atoms with van der Waals surface area (Å²) >= 11 is 1.63. The zero-order valence-corrected chi connectivity index (χ0v) is 9.47. The van der Waals surface area contributed by atoms with Gasteiger partial charge in [-0.05, 0) is 13.1 Å². The third-order valence-electron chi connectivity index (χ3n) is 2.02. The Bertz CT molecular complexity index is 258. The number of nitrogens with one attached hydrogen (secondary N) is 1. The van der Waals surface area contributed by atoms with Gasteiger partial charge < -0.3 is 10.6 Å². The Hall–Kier alpha value is -0.750. The SMILES string of the molecule is CCN(CC)CCSc1n[nH]c(N)n1. The summed E-state index contributed by atoms with van der Waals surface area (Å²) in [6.07, 6.45) is 0. The molecule has 0 fully saturated rings. The van der Waals surface area contributed by atoms with Gasteiger partial charge in [0.15, 0.2) is 0 Å². The smallest absolute Gasteiger partial charge is 0.216 e. The normalized spacial score (nSPS) is 11.1. The Morgan fingerprint density at radius 1 is 1.43 bits per heavy atom. The summed E-state index contributed by atoms with van der Waals surface area (Å²) in [5, 5.41) is 7.30. The molecule has 1 rings (SSSR count). The van der Waals surface area contributed by atoms with Crippen molar-refractivity contribution in [3.05, 3.63) is 0 Å². The second-order valence-electron chi connectivity index (χ2n) is 2.88. The molecule has 80 valence electrons. The lowest BCUT2D eigenvalue weighted by atomic mass is 10.5. The molecule has 3 N–H and O–H groups in total. The summed E-state index contributed by atoms with van der Waals surface area (Å²) in [6.45, 7) is 7.57. The van der Waals surface area contributed by atoms with E-state index < -0.39 is 0 Å². The van der Waals surface area contributed by atoms with E-state index in [9.17, 15) is 0 Å². The first-order chi connectivity index (χ1) is 6.76. The third-order valence-corrected chi connectivity index (χ3v) is 2.84. The zero-order valence-electron chi connectivity index (χ0n) is 8.66. The first-order valence-electron chi connectivity index (χ1n) is 4.79. The molecule has 0 radical (unpaired) electrons. The van der Waals surface area contributed by atoms with Crippen LogP contribution in [0, 0.1) is 0 Å². The Morgan fingerprint density at radius 3 is 2.64 bits per heavy atom. The number of nitrogen functional groups attached to an aromatic ring is 1. The molecule has 1 aromatic rings. The molecule has 1 heterocycles. The van der Waals surface area contributed by atoms with Gasteiger partial charge in [0.25, 0.3) is 0 Å². The second kappa shape index (κ2) is 5.87. The van der Waals surface area contributed by atoms with E-state index >= 15 is 0 Å². The summed E-state index contributed by atoms with van der Waals surface area (Å²) in [5.74, 6) is 1.38. The highest BCUT2D eigenvalue weighted by Gasteiger charge is 2.02. The standard InChI is InChI=1S/C8H17N5S/c1-3-13(4-2)5-6-14-8-10-7(9)11-12-8/h3-6H2,1-2H3,(H3,9,10,11,12). The summed E-state index contributed by atoms with van der Waals surface area (Å²) in [5.41, 5.74) is 5.41. The van der Waals surface area contributed by atoms with Crippen molar-refractivity contribution in [1.82, 2.24) is 20.1 Å². The predicted octanol–water partition coefficient (Wildman–Crippen LogP) is 0.821. The van der Waals surface area contributed by atoms with E-state index in [0.29, 0.717) is 5.95 Å². The van der Waals surface area contributed by atoms with Crippen molar-refractivity contribution >= 4 is 17.7 Å². The van der Waals surface area contributed by atoms with Crippen LogP contribution in [0.15, 0.2) is 5.16 Å². The number of aromatic amines is 1. The highest BCUT2D eigenvalue weighted by atomic mass is 32.2. The van der Waals surface area contributed by atoms with Gasteiger partial charge in [-0.15, -0.1) is 5.10 Å². The van der Waals surface area contributed by atoms with Crippen LogP contribution in [0.5, 0.6) is 0 Å². The van der Waals surface area contributed by atoms with Crippen LogP contribution in [0.2, 0.25) is 0 Å². The van der Waals surface area contributed by atoms with Gasteiger partial charge >= 0.3 is 0 Å². The average Bonchev–Trinajstić information content (AvgIpc) is 2.59. The molecule has 14 heavy (non-hydrogen) atoms. The van der Waals surface area contributed by atoms with Gasteiger partial charge in [-0.3, -0.25) is 0 Å². The number of anilines is 1. The van der Waals surface area contributed by atoms with Crippen molar-refractivity contribution in [3.63, 3.8) is 0 Å². The van der Waals surface area contributed by atoms with E-state index in [1.54, 1.807) is 11.8 Å². The quantitative estimate of drug-likeness (QED) is 0.687. The van der Waals surface area contributed by atoms with E-state index in [1.807, 2.05) is 0 Å². The second-order valence-corrected chi connectivity index (χ2v) is 3.94. The van der Waals surface area contributed by atoms with Crippen LogP contribution in [-0.4, -0.2) is 45.5 Å². The first kappa shape index (κ1) is 11.3. The highest BCUT2D eigenvalue weighted by molar-refractivity contribution is 7.99. The number of nitrogens with zero attached hydrogens (tertiary/aromatic N) is 3. The Kier molecular flexibility index (Phi) is 4.75. The molecule has 0 atom stereocenters. The molecule has 0 unspecified atom stereocenters. The lowest BCUT2D eigenvalue weighted by Gasteiger charge is -2.16. The fourth-order valence-electron chi connectivity index (χ4n) is 1.13. The van der Waals surface area contributed by atoms with Crippen molar-refractivity contribution < 1.29 is 0 Å². The maximum Gasteiger partial charge on any atom is 0.216 e. The van der Waals surface area contributed by atoms with Gasteiger partial charge in [-0.2, -0.15) is 4.98 Å². The molecule has 0 spiro atoms. The minimum Gasteiger partial charge on any atom is -0.368 e. The molecule has 0 aliphatic carbocycles. The van der Waals surface area contributed by atoms with Crippen LogP contribution in [0.1, 0.15) is 13.8 Å². The monoisotopic (exact) mass is 215 g/mol. The fourth-order valence-corrected chi connectivity index (χ4v) is 1.93. The lowest BCUT2D eigenvalue weighted by molar-refractivity contribution is 0.324. The molecule has 6 heteroatoms. The molecule has 0 aromatic carbocycles. The van der Waals surface area contributed by atoms with Crippen molar-refractivity contribution in [1.29, 1.82) is 0 Å². The van der Waals surface area contributed by atoms with Crippen LogP contribution in [0.4, 0.5) is 5.95 Å². The van der Waals surface area contributed by atoms with E-state index in [-0.39, 0.29) is 0 Å². The molecule has 0 saturated carbocycles. The minimum atomic E-state index is 0.385. The Morgan fingerprint density at radius 2 is 2.14 bits per heavy atom. The van der Waals surface area contributed by atoms with E-state index in [2.05, 4.69) is 33.9 Å². The number of thioether (sulfide) groups is 1. The molecule has 0 bridgehead atoms. The van der Waals surface area contributed by atoms with Crippen LogP contribution in [-0.2, 0) is 0 Å². The first-order valence-corrected chi connectivity index (χ1v) is 5.77. The van der Waals surface area contributed by atoms with E-state index in [0.717, 1.165) is 30.5 Å². The van der Waals surface area contributed by atoms with Crippen molar-refractivity contribution in [3.8, 4) is 0 Å². The fraction of sp³-hybridized carbons (Fsp3) is 0.750. The van der Waals surface area contributed by atoms with Gasteiger partial charge in [0, 0.05) is 12.3 Å². The summed E-state index contributed by atoms with van der Waals surface area (Å²) in [6, 6.07) is 0. The third kappa shape index (κ3) is 3.55. The molecule has 1 aromatic heterocycles. The van der Waals surface area contributed by atoms with Gasteiger partial charge in [0.2, 0.25) is 11.1 Å². The summed E-state index contributed by atoms with van der Waals surface area (Å²) < 4.78 is 0. The highest BCUT2D eigenvalue weighted by Crippen LogP contribution is 2.12. The Balaban J connectivity index is 2.21. The molecular formula is C8H17N5S. The topological polar surface area (TPSA) is 70.8 Å². The maximum absolute atomic E-state index is 5.41. The van der Waals surface area contributed by atoms with Gasteiger partial charge in [-0.25, -0.2) is 5.10 Å². The van der Waals surface area contributed by atoms with Crippen LogP contribution < -0.4 is 5.73 Å². The maximum atomic E-state index is 5.41. The molecule has 0 saturated heterocycles. The van der Waals surface area contributed by atoms with Crippen LogP contribution in [0.25, 0.3) is 0 Å². The largest absolute Gasteiger partial charge is 0.368 e. The van der Waals surface area contributed by atoms with Gasteiger partial charge in [0.05, 0.1) is 0 Å². The summed E-state index contributed by atoms with van der Waals surface area (Å²) in [7, 11) is 0. The number of hydrogen-bond acceptors (Lipinski definition) is 5. The zero-order chi connectivity index (χ0) is 10.4. The van der Waals surface area contributed by atoms with Crippen molar-refractivity contribution in [2.24, 2.45) is 0 Å². The van der Waals surface area contributed by atoms with Gasteiger partial charge in [0.1, 0.15) is 0 Å². The number of nitrogens with two attached hydrogens (primary N) is 1. The Labute approximate surface area is 88.5 Å². The predicted molar refractivity (Wildman–Crippen MR) is 59.3 cm³/mol. The van der Waals surface area contributed by atoms with Gasteiger partial charge in [-0.1, -0.05) is 25.6 Å². The van der Waals surface area contributed by atoms with Crippen molar-refractivity contribution in [2.75, 3.05) is 31.1 Å². The lowest BCUT2D eigenvalue weighted by Crippen LogP contribution is -2.25. The molecule has 0 aliphatic heterocycles. The van der Waals surface area contributed by atoms with E-state index in [4.69, 9.17) is 5.73 Å². The number of hydrogen-bond donors (Lipinski definition) is 2.